The van der Waals surface area contributed by atoms with Crippen LogP contribution in [0.25, 0.3) is 0 Å². The highest BCUT2D eigenvalue weighted by atomic mass is 32.2. The molecule has 2 atom stereocenters. The summed E-state index contributed by atoms with van der Waals surface area (Å²) in [6.45, 7) is 2.27. The Morgan fingerprint density at radius 2 is 1.43 bits per heavy atom. The zero-order valence-corrected chi connectivity index (χ0v) is 14.6. The van der Waals surface area contributed by atoms with E-state index in [4.69, 9.17) is 5.11 Å². The molecule has 3 heteroatoms. The summed E-state index contributed by atoms with van der Waals surface area (Å²) >= 11 is 2.23. The van der Waals surface area contributed by atoms with E-state index in [0.29, 0.717) is 6.42 Å². The summed E-state index contributed by atoms with van der Waals surface area (Å²) in [5.41, 5.74) is 0. The fourth-order valence-electron chi connectivity index (χ4n) is 3.18. The Morgan fingerprint density at radius 3 is 2.00 bits per heavy atom. The lowest BCUT2D eigenvalue weighted by Crippen LogP contribution is -1.99. The molecule has 2 unspecified atom stereocenters. The van der Waals surface area contributed by atoms with Crippen LogP contribution in [0.4, 0.5) is 0 Å². The van der Waals surface area contributed by atoms with Gasteiger partial charge in [0.25, 0.3) is 0 Å². The maximum Gasteiger partial charge on any atom is 0.303 e. The van der Waals surface area contributed by atoms with E-state index in [9.17, 15) is 4.79 Å². The van der Waals surface area contributed by atoms with Crippen molar-refractivity contribution >= 4 is 17.7 Å². The van der Waals surface area contributed by atoms with Gasteiger partial charge in [0.2, 0.25) is 0 Å². The minimum atomic E-state index is -0.649. The molecule has 0 saturated carbocycles. The van der Waals surface area contributed by atoms with Gasteiger partial charge in [-0.1, -0.05) is 58.3 Å². The number of aliphatic carboxylic acids is 1. The fourth-order valence-corrected chi connectivity index (χ4v) is 4.88. The molecular weight excluding hydrogens is 280 g/mol. The van der Waals surface area contributed by atoms with E-state index in [1.165, 1.54) is 70.6 Å². The third-order valence-corrected chi connectivity index (χ3v) is 6.20. The molecule has 0 radical (unpaired) electrons. The van der Waals surface area contributed by atoms with E-state index in [-0.39, 0.29) is 0 Å². The Kier molecular flexibility index (Phi) is 11.1. The van der Waals surface area contributed by atoms with Gasteiger partial charge >= 0.3 is 5.97 Å². The van der Waals surface area contributed by atoms with Crippen LogP contribution in [0.15, 0.2) is 0 Å². The minimum Gasteiger partial charge on any atom is -0.481 e. The molecule has 1 aliphatic rings. The molecule has 1 aliphatic heterocycles. The summed E-state index contributed by atoms with van der Waals surface area (Å²) in [5, 5.41) is 10.4. The maximum atomic E-state index is 10.4. The van der Waals surface area contributed by atoms with Gasteiger partial charge < -0.3 is 5.11 Å². The first kappa shape index (κ1) is 18.9. The standard InChI is InChI=1S/C18H34O2S/c1-2-3-4-5-6-8-11-16-14-15-17(21-16)12-9-7-10-13-18(19)20/h16-17H,2-15H2,1H3,(H,19,20). The molecule has 124 valence electrons. The third kappa shape index (κ3) is 10.2. The summed E-state index contributed by atoms with van der Waals surface area (Å²) in [6, 6.07) is 0. The largest absolute Gasteiger partial charge is 0.481 e. The maximum absolute atomic E-state index is 10.4. The van der Waals surface area contributed by atoms with Gasteiger partial charge in [-0.15, -0.1) is 0 Å². The normalized spacial score (nSPS) is 21.8. The van der Waals surface area contributed by atoms with Gasteiger partial charge in [0.05, 0.1) is 0 Å². The molecule has 0 bridgehead atoms. The lowest BCUT2D eigenvalue weighted by Gasteiger charge is -2.11. The van der Waals surface area contributed by atoms with Gasteiger partial charge in [0, 0.05) is 16.9 Å². The van der Waals surface area contributed by atoms with Gasteiger partial charge in [0.15, 0.2) is 0 Å². The first-order valence-corrected chi connectivity index (χ1v) is 10.0. The highest BCUT2D eigenvalue weighted by molar-refractivity contribution is 8.00. The van der Waals surface area contributed by atoms with Crippen LogP contribution in [0.1, 0.15) is 96.8 Å². The summed E-state index contributed by atoms with van der Waals surface area (Å²) in [4.78, 5) is 10.4. The molecule has 0 aromatic heterocycles. The van der Waals surface area contributed by atoms with Crippen molar-refractivity contribution in [1.29, 1.82) is 0 Å². The van der Waals surface area contributed by atoms with Crippen LogP contribution < -0.4 is 0 Å². The second kappa shape index (κ2) is 12.4. The van der Waals surface area contributed by atoms with Crippen molar-refractivity contribution in [3.8, 4) is 0 Å². The fraction of sp³-hybridized carbons (Fsp3) is 0.944. The lowest BCUT2D eigenvalue weighted by atomic mass is 10.0. The van der Waals surface area contributed by atoms with E-state index in [1.54, 1.807) is 0 Å². The molecule has 0 amide bonds. The third-order valence-electron chi connectivity index (χ3n) is 4.49. The topological polar surface area (TPSA) is 37.3 Å². The van der Waals surface area contributed by atoms with Gasteiger partial charge in [-0.3, -0.25) is 4.79 Å². The van der Waals surface area contributed by atoms with Gasteiger partial charge in [0.1, 0.15) is 0 Å². The van der Waals surface area contributed by atoms with Crippen LogP contribution in [-0.4, -0.2) is 21.6 Å². The molecule has 1 heterocycles. The highest BCUT2D eigenvalue weighted by Gasteiger charge is 2.24. The molecule has 0 spiro atoms. The number of carboxylic acid groups (broad SMARTS) is 1. The number of hydrogen-bond acceptors (Lipinski definition) is 2. The van der Waals surface area contributed by atoms with Crippen LogP contribution in [0.2, 0.25) is 0 Å². The molecule has 1 fully saturated rings. The predicted octanol–water partition coefficient (Wildman–Crippen LogP) is 6.04. The number of rotatable bonds is 13. The van der Waals surface area contributed by atoms with Crippen LogP contribution >= 0.6 is 11.8 Å². The van der Waals surface area contributed by atoms with Crippen molar-refractivity contribution < 1.29 is 9.90 Å². The SMILES string of the molecule is CCCCCCCCC1CCC(CCCCCC(=O)O)S1. The van der Waals surface area contributed by atoms with E-state index in [0.717, 1.165) is 23.3 Å². The second-order valence-corrected chi connectivity index (χ2v) is 8.11. The summed E-state index contributed by atoms with van der Waals surface area (Å²) in [5.74, 6) is -0.649. The summed E-state index contributed by atoms with van der Waals surface area (Å²) < 4.78 is 0. The van der Waals surface area contributed by atoms with E-state index in [1.807, 2.05) is 0 Å². The Bertz CT molecular complexity index is 268. The van der Waals surface area contributed by atoms with E-state index in [2.05, 4.69) is 18.7 Å². The van der Waals surface area contributed by atoms with Gasteiger partial charge in [-0.2, -0.15) is 11.8 Å². The molecule has 0 aromatic rings. The predicted molar refractivity (Wildman–Crippen MR) is 93.1 cm³/mol. The van der Waals surface area contributed by atoms with Gasteiger partial charge in [-0.05, 0) is 32.1 Å². The van der Waals surface area contributed by atoms with E-state index >= 15 is 0 Å². The zero-order chi connectivity index (χ0) is 15.3. The first-order chi connectivity index (χ1) is 10.2. The average Bonchev–Trinajstić information content (AvgIpc) is 2.90. The highest BCUT2D eigenvalue weighted by Crippen LogP contribution is 2.39. The quantitative estimate of drug-likeness (QED) is 0.421. The zero-order valence-electron chi connectivity index (χ0n) is 13.8. The van der Waals surface area contributed by atoms with Crippen molar-refractivity contribution in [2.24, 2.45) is 0 Å². The van der Waals surface area contributed by atoms with Crippen molar-refractivity contribution in [3.05, 3.63) is 0 Å². The molecule has 1 saturated heterocycles. The van der Waals surface area contributed by atoms with E-state index < -0.39 is 5.97 Å². The molecule has 1 rings (SSSR count). The van der Waals surface area contributed by atoms with Crippen LogP contribution in [0.3, 0.4) is 0 Å². The molecular formula is C18H34O2S. The number of carbonyl (C=O) groups is 1. The summed E-state index contributed by atoms with van der Waals surface area (Å²) in [6.07, 6.45) is 17.5. The number of thioether (sulfide) groups is 1. The van der Waals surface area contributed by atoms with Crippen LogP contribution in [0.5, 0.6) is 0 Å². The van der Waals surface area contributed by atoms with Crippen LogP contribution in [0, 0.1) is 0 Å². The van der Waals surface area contributed by atoms with Crippen LogP contribution in [-0.2, 0) is 4.79 Å². The Hall–Kier alpha value is -0.180. The Labute approximate surface area is 135 Å². The molecule has 0 aliphatic carbocycles. The van der Waals surface area contributed by atoms with Crippen molar-refractivity contribution in [1.82, 2.24) is 0 Å². The van der Waals surface area contributed by atoms with Gasteiger partial charge in [-0.25, -0.2) is 0 Å². The number of unbranched alkanes of at least 4 members (excludes halogenated alkanes) is 7. The smallest absolute Gasteiger partial charge is 0.303 e. The second-order valence-electron chi connectivity index (χ2n) is 6.51. The Balaban J connectivity index is 1.91. The number of carboxylic acids is 1. The summed E-state index contributed by atoms with van der Waals surface area (Å²) in [7, 11) is 0. The minimum absolute atomic E-state index is 0.346. The number of hydrogen-bond donors (Lipinski definition) is 1. The van der Waals surface area contributed by atoms with Crippen molar-refractivity contribution in [2.75, 3.05) is 0 Å². The molecule has 2 nitrogen and oxygen atoms in total. The molecule has 0 aromatic carbocycles. The lowest BCUT2D eigenvalue weighted by molar-refractivity contribution is -0.137. The average molecular weight is 315 g/mol. The Morgan fingerprint density at radius 1 is 0.905 bits per heavy atom. The molecule has 1 N–H and O–H groups in total. The monoisotopic (exact) mass is 314 g/mol. The van der Waals surface area contributed by atoms with Crippen molar-refractivity contribution in [2.45, 2.75) is 107 Å². The van der Waals surface area contributed by atoms with Crippen molar-refractivity contribution in [3.63, 3.8) is 0 Å². The first-order valence-electron chi connectivity index (χ1n) is 9.09. The molecule has 21 heavy (non-hydrogen) atoms.